The third-order valence-corrected chi connectivity index (χ3v) is 2.95. The Morgan fingerprint density at radius 1 is 1.29 bits per heavy atom. The van der Waals surface area contributed by atoms with E-state index >= 15 is 0 Å². The first kappa shape index (κ1) is 13.8. The Morgan fingerprint density at radius 3 is 2.47 bits per heavy atom. The number of halogens is 1. The molecule has 0 aliphatic rings. The number of aliphatic hydroxyl groups is 1. The smallest absolute Gasteiger partial charge is 0.197 e. The zero-order valence-electron chi connectivity index (χ0n) is 10.5. The van der Waals surface area contributed by atoms with E-state index in [9.17, 15) is 9.50 Å². The molecule has 17 heavy (non-hydrogen) atoms. The maximum atomic E-state index is 13.5. The van der Waals surface area contributed by atoms with Crippen LogP contribution >= 0.6 is 0 Å². The molecule has 0 saturated carbocycles. The zero-order valence-corrected chi connectivity index (χ0v) is 10.5. The first-order valence-electron chi connectivity index (χ1n) is 5.74. The third kappa shape index (κ3) is 3.33. The molecule has 0 heterocycles. The lowest BCUT2D eigenvalue weighted by atomic mass is 9.99. The number of ether oxygens (including phenoxy) is 2. The molecule has 0 bridgehead atoms. The van der Waals surface area contributed by atoms with Gasteiger partial charge in [0.25, 0.3) is 0 Å². The van der Waals surface area contributed by atoms with Crippen LogP contribution in [0.25, 0.3) is 0 Å². The standard InChI is InChI=1S/C13H19FO3/c1-4-13(15,5-2)9-17-12-10(14)7-6-8-11(12)16-3/h6-8,15H,4-5,9H2,1-3H3. The summed E-state index contributed by atoms with van der Waals surface area (Å²) in [4.78, 5) is 0. The van der Waals surface area contributed by atoms with Gasteiger partial charge < -0.3 is 14.6 Å². The molecule has 0 spiro atoms. The molecule has 0 atom stereocenters. The lowest BCUT2D eigenvalue weighted by Crippen LogP contribution is -2.34. The zero-order chi connectivity index (χ0) is 12.9. The fraction of sp³-hybridized carbons (Fsp3) is 0.538. The van der Waals surface area contributed by atoms with E-state index in [1.807, 2.05) is 13.8 Å². The van der Waals surface area contributed by atoms with Crippen LogP contribution in [0.15, 0.2) is 18.2 Å². The average molecular weight is 242 g/mol. The van der Waals surface area contributed by atoms with Gasteiger partial charge in [0, 0.05) is 0 Å². The molecule has 1 aromatic carbocycles. The summed E-state index contributed by atoms with van der Waals surface area (Å²) < 4.78 is 23.9. The van der Waals surface area contributed by atoms with Crippen molar-refractivity contribution in [1.82, 2.24) is 0 Å². The van der Waals surface area contributed by atoms with Crippen LogP contribution in [0.3, 0.4) is 0 Å². The Balaban J connectivity index is 2.81. The van der Waals surface area contributed by atoms with E-state index < -0.39 is 11.4 Å². The summed E-state index contributed by atoms with van der Waals surface area (Å²) in [5.74, 6) is -0.103. The molecule has 0 saturated heterocycles. The van der Waals surface area contributed by atoms with E-state index in [1.54, 1.807) is 12.1 Å². The summed E-state index contributed by atoms with van der Waals surface area (Å²) in [6, 6.07) is 4.47. The van der Waals surface area contributed by atoms with Gasteiger partial charge >= 0.3 is 0 Å². The van der Waals surface area contributed by atoms with Crippen LogP contribution in [0.4, 0.5) is 4.39 Å². The van der Waals surface area contributed by atoms with Gasteiger partial charge in [-0.2, -0.15) is 0 Å². The minimum Gasteiger partial charge on any atom is -0.493 e. The Hall–Kier alpha value is -1.29. The van der Waals surface area contributed by atoms with Crippen molar-refractivity contribution >= 4 is 0 Å². The van der Waals surface area contributed by atoms with Crippen LogP contribution < -0.4 is 9.47 Å². The van der Waals surface area contributed by atoms with Crippen molar-refractivity contribution in [2.24, 2.45) is 0 Å². The van der Waals surface area contributed by atoms with E-state index in [0.29, 0.717) is 18.6 Å². The second-order valence-electron chi connectivity index (χ2n) is 3.99. The number of hydrogen-bond acceptors (Lipinski definition) is 3. The van der Waals surface area contributed by atoms with Crippen molar-refractivity contribution in [3.8, 4) is 11.5 Å². The summed E-state index contributed by atoms with van der Waals surface area (Å²) in [5.41, 5.74) is -0.923. The summed E-state index contributed by atoms with van der Waals surface area (Å²) in [5, 5.41) is 10.1. The molecule has 0 aliphatic heterocycles. The van der Waals surface area contributed by atoms with Gasteiger partial charge in [-0.15, -0.1) is 0 Å². The Bertz CT molecular complexity index is 362. The second-order valence-corrected chi connectivity index (χ2v) is 3.99. The molecule has 3 nitrogen and oxygen atoms in total. The SMILES string of the molecule is CCC(O)(CC)COc1c(F)cccc1OC. The Morgan fingerprint density at radius 2 is 1.94 bits per heavy atom. The van der Waals surface area contributed by atoms with Crippen LogP contribution in [-0.4, -0.2) is 24.4 Å². The molecule has 0 radical (unpaired) electrons. The molecular weight excluding hydrogens is 223 g/mol. The maximum Gasteiger partial charge on any atom is 0.197 e. The van der Waals surface area contributed by atoms with Crippen LogP contribution in [0, 0.1) is 5.82 Å². The van der Waals surface area contributed by atoms with Crippen molar-refractivity contribution < 1.29 is 19.0 Å². The van der Waals surface area contributed by atoms with Gasteiger partial charge in [0.05, 0.1) is 12.7 Å². The van der Waals surface area contributed by atoms with E-state index in [-0.39, 0.29) is 12.4 Å². The largest absolute Gasteiger partial charge is 0.493 e. The summed E-state index contributed by atoms with van der Waals surface area (Å²) in [7, 11) is 1.45. The summed E-state index contributed by atoms with van der Waals surface area (Å²) in [6.07, 6.45) is 1.11. The summed E-state index contributed by atoms with van der Waals surface area (Å²) >= 11 is 0. The lowest BCUT2D eigenvalue weighted by molar-refractivity contribution is -0.0129. The molecule has 1 rings (SSSR count). The second kappa shape index (κ2) is 5.87. The normalized spacial score (nSPS) is 11.4. The third-order valence-electron chi connectivity index (χ3n) is 2.95. The lowest BCUT2D eigenvalue weighted by Gasteiger charge is -2.25. The van der Waals surface area contributed by atoms with Gasteiger partial charge in [-0.3, -0.25) is 0 Å². The maximum absolute atomic E-state index is 13.5. The number of hydrogen-bond donors (Lipinski definition) is 1. The molecule has 0 aromatic heterocycles. The molecule has 0 fully saturated rings. The molecule has 1 N–H and O–H groups in total. The molecular formula is C13H19FO3. The van der Waals surface area contributed by atoms with Crippen molar-refractivity contribution in [3.05, 3.63) is 24.0 Å². The highest BCUT2D eigenvalue weighted by atomic mass is 19.1. The molecule has 0 unspecified atom stereocenters. The van der Waals surface area contributed by atoms with Crippen LogP contribution in [-0.2, 0) is 0 Å². The average Bonchev–Trinajstić information content (AvgIpc) is 2.36. The van der Waals surface area contributed by atoms with Crippen molar-refractivity contribution in [1.29, 1.82) is 0 Å². The van der Waals surface area contributed by atoms with E-state index in [0.717, 1.165) is 0 Å². The molecule has 4 heteroatoms. The minimum absolute atomic E-state index is 0.0512. The van der Waals surface area contributed by atoms with Gasteiger partial charge in [-0.05, 0) is 25.0 Å². The molecule has 0 aliphatic carbocycles. The Kier molecular flexibility index (Phi) is 4.75. The highest BCUT2D eigenvalue weighted by molar-refractivity contribution is 5.40. The number of rotatable bonds is 6. The minimum atomic E-state index is -0.923. The van der Waals surface area contributed by atoms with E-state index in [4.69, 9.17) is 9.47 Å². The van der Waals surface area contributed by atoms with Crippen LogP contribution in [0.2, 0.25) is 0 Å². The van der Waals surface area contributed by atoms with Crippen molar-refractivity contribution in [3.63, 3.8) is 0 Å². The first-order valence-corrected chi connectivity index (χ1v) is 5.74. The summed E-state index contributed by atoms with van der Waals surface area (Å²) in [6.45, 7) is 3.79. The topological polar surface area (TPSA) is 38.7 Å². The quantitative estimate of drug-likeness (QED) is 0.833. The van der Waals surface area contributed by atoms with Crippen molar-refractivity contribution in [2.75, 3.05) is 13.7 Å². The van der Waals surface area contributed by atoms with Gasteiger partial charge in [0.2, 0.25) is 0 Å². The monoisotopic (exact) mass is 242 g/mol. The van der Waals surface area contributed by atoms with Gasteiger partial charge in [0.1, 0.15) is 6.61 Å². The van der Waals surface area contributed by atoms with E-state index in [1.165, 1.54) is 13.2 Å². The number of benzene rings is 1. The predicted octanol–water partition coefficient (Wildman–Crippen LogP) is 2.76. The molecule has 0 amide bonds. The van der Waals surface area contributed by atoms with Gasteiger partial charge in [-0.1, -0.05) is 19.9 Å². The van der Waals surface area contributed by atoms with E-state index in [2.05, 4.69) is 0 Å². The first-order chi connectivity index (χ1) is 8.06. The number of methoxy groups -OCH3 is 1. The number of para-hydroxylation sites is 1. The highest BCUT2D eigenvalue weighted by Crippen LogP contribution is 2.30. The van der Waals surface area contributed by atoms with Gasteiger partial charge in [-0.25, -0.2) is 4.39 Å². The van der Waals surface area contributed by atoms with Gasteiger partial charge in [0.15, 0.2) is 17.3 Å². The predicted molar refractivity (Wildman–Crippen MR) is 64.0 cm³/mol. The highest BCUT2D eigenvalue weighted by Gasteiger charge is 2.24. The molecule has 1 aromatic rings. The fourth-order valence-electron chi connectivity index (χ4n) is 1.45. The van der Waals surface area contributed by atoms with Crippen LogP contribution in [0.1, 0.15) is 26.7 Å². The van der Waals surface area contributed by atoms with Crippen molar-refractivity contribution in [2.45, 2.75) is 32.3 Å². The molecule has 96 valence electrons. The van der Waals surface area contributed by atoms with Crippen LogP contribution in [0.5, 0.6) is 11.5 Å². The Labute approximate surface area is 101 Å². The fourth-order valence-corrected chi connectivity index (χ4v) is 1.45.